The molecule has 2 aromatic carbocycles. The zero-order valence-corrected chi connectivity index (χ0v) is 21.5. The van der Waals surface area contributed by atoms with Crippen LogP contribution in [0.5, 0.6) is 11.5 Å². The summed E-state index contributed by atoms with van der Waals surface area (Å²) < 4.78 is 15.6. The Labute approximate surface area is 224 Å². The highest BCUT2D eigenvalue weighted by Gasteiger charge is 2.71. The quantitative estimate of drug-likeness (QED) is 0.413. The number of ether oxygens (including phenoxy) is 3. The fourth-order valence-electron chi connectivity index (χ4n) is 6.74. The second-order valence-corrected chi connectivity index (χ2v) is 9.97. The average Bonchev–Trinajstić information content (AvgIpc) is 3.39. The van der Waals surface area contributed by atoms with Crippen molar-refractivity contribution < 1.29 is 38.2 Å². The van der Waals surface area contributed by atoms with Gasteiger partial charge in [0.05, 0.1) is 55.9 Å². The first kappa shape index (κ1) is 24.8. The smallest absolute Gasteiger partial charge is 0.334 e. The van der Waals surface area contributed by atoms with Gasteiger partial charge in [0.1, 0.15) is 11.5 Å². The number of carbonyl (C=O) groups is 5. The monoisotopic (exact) mass is 530 g/mol. The number of rotatable bonds is 6. The first-order chi connectivity index (χ1) is 18.8. The van der Waals surface area contributed by atoms with Crippen LogP contribution in [0.2, 0.25) is 0 Å². The Morgan fingerprint density at radius 3 is 1.46 bits per heavy atom. The number of esters is 1. The van der Waals surface area contributed by atoms with E-state index in [-0.39, 0.29) is 12.2 Å². The van der Waals surface area contributed by atoms with Crippen molar-refractivity contribution in [3.63, 3.8) is 0 Å². The molecule has 3 fully saturated rings. The third-order valence-electron chi connectivity index (χ3n) is 8.30. The highest BCUT2D eigenvalue weighted by molar-refractivity contribution is 6.27. The van der Waals surface area contributed by atoms with Crippen LogP contribution in [0, 0.1) is 35.5 Å². The van der Waals surface area contributed by atoms with Crippen LogP contribution < -0.4 is 19.3 Å². The van der Waals surface area contributed by atoms with E-state index in [1.165, 1.54) is 14.2 Å². The lowest BCUT2D eigenvalue weighted by Gasteiger charge is -2.46. The Bertz CT molecular complexity index is 1340. The summed E-state index contributed by atoms with van der Waals surface area (Å²) in [5.74, 6) is -6.90. The minimum atomic E-state index is -0.970. The van der Waals surface area contributed by atoms with E-state index >= 15 is 0 Å². The Balaban J connectivity index is 1.43. The number of hydrogen-bond donors (Lipinski definition) is 0. The van der Waals surface area contributed by atoms with Crippen LogP contribution in [-0.4, -0.2) is 50.4 Å². The van der Waals surface area contributed by atoms with Gasteiger partial charge in [0.25, 0.3) is 0 Å². The highest BCUT2D eigenvalue weighted by atomic mass is 16.5. The van der Waals surface area contributed by atoms with Gasteiger partial charge >= 0.3 is 5.97 Å². The molecular formula is C29H26N2O8. The fraction of sp³-hybridized carbons (Fsp3) is 0.345. The van der Waals surface area contributed by atoms with Gasteiger partial charge in [-0.2, -0.15) is 0 Å². The summed E-state index contributed by atoms with van der Waals surface area (Å²) in [5.41, 5.74) is 0.903. The number of nitrogens with zero attached hydrogens (tertiary/aromatic N) is 2. The van der Waals surface area contributed by atoms with Crippen LogP contribution in [0.1, 0.15) is 6.92 Å². The topological polar surface area (TPSA) is 120 Å². The lowest BCUT2D eigenvalue weighted by atomic mass is 9.52. The van der Waals surface area contributed by atoms with Crippen molar-refractivity contribution in [3.8, 4) is 11.5 Å². The van der Waals surface area contributed by atoms with Crippen LogP contribution in [0.3, 0.4) is 0 Å². The molecule has 10 nitrogen and oxygen atoms in total. The predicted molar refractivity (Wildman–Crippen MR) is 137 cm³/mol. The molecule has 1 saturated carbocycles. The maximum absolute atomic E-state index is 13.9. The van der Waals surface area contributed by atoms with E-state index in [1.54, 1.807) is 61.5 Å². The number of methoxy groups -OCH3 is 2. The van der Waals surface area contributed by atoms with Gasteiger partial charge in [-0.3, -0.25) is 29.0 Å². The Morgan fingerprint density at radius 2 is 1.08 bits per heavy atom. The van der Waals surface area contributed by atoms with E-state index < -0.39 is 65.1 Å². The van der Waals surface area contributed by atoms with Crippen LogP contribution >= 0.6 is 0 Å². The first-order valence-corrected chi connectivity index (χ1v) is 12.7. The number of anilines is 2. The molecule has 0 radical (unpaired) electrons. The minimum absolute atomic E-state index is 0.103. The summed E-state index contributed by atoms with van der Waals surface area (Å²) in [6, 6.07) is 13.0. The molecule has 39 heavy (non-hydrogen) atoms. The molecule has 2 aromatic rings. The fourth-order valence-corrected chi connectivity index (χ4v) is 6.74. The summed E-state index contributed by atoms with van der Waals surface area (Å²) in [4.78, 5) is 70.6. The largest absolute Gasteiger partial charge is 0.497 e. The van der Waals surface area contributed by atoms with Crippen LogP contribution in [0.25, 0.3) is 0 Å². The Hall–Kier alpha value is -4.47. The predicted octanol–water partition coefficient (Wildman–Crippen LogP) is 2.36. The number of benzene rings is 2. The highest BCUT2D eigenvalue weighted by Crippen LogP contribution is 2.61. The maximum atomic E-state index is 13.9. The second kappa shape index (κ2) is 9.07. The number of amides is 4. The van der Waals surface area contributed by atoms with E-state index in [4.69, 9.17) is 14.2 Å². The molecule has 4 amide bonds. The Morgan fingerprint density at radius 1 is 0.667 bits per heavy atom. The molecule has 10 heteroatoms. The van der Waals surface area contributed by atoms with Crippen molar-refractivity contribution in [3.05, 3.63) is 60.2 Å². The van der Waals surface area contributed by atoms with Crippen LogP contribution in [-0.2, 0) is 28.7 Å². The third kappa shape index (κ3) is 3.43. The van der Waals surface area contributed by atoms with Crippen molar-refractivity contribution in [2.45, 2.75) is 6.92 Å². The lowest BCUT2D eigenvalue weighted by Crippen LogP contribution is -2.53. The molecule has 6 atom stereocenters. The normalized spacial score (nSPS) is 28.8. The van der Waals surface area contributed by atoms with E-state index in [9.17, 15) is 24.0 Å². The summed E-state index contributed by atoms with van der Waals surface area (Å²) >= 11 is 0. The van der Waals surface area contributed by atoms with Crippen molar-refractivity contribution in [1.82, 2.24) is 0 Å². The number of imide groups is 2. The summed E-state index contributed by atoms with van der Waals surface area (Å²) in [5, 5.41) is 0. The van der Waals surface area contributed by atoms with E-state index in [0.29, 0.717) is 22.9 Å². The Kier molecular flexibility index (Phi) is 5.78. The van der Waals surface area contributed by atoms with Gasteiger partial charge < -0.3 is 14.2 Å². The summed E-state index contributed by atoms with van der Waals surface area (Å²) in [7, 11) is 3.02. The van der Waals surface area contributed by atoms with Crippen LogP contribution in [0.4, 0.5) is 11.4 Å². The van der Waals surface area contributed by atoms with Gasteiger partial charge in [-0.25, -0.2) is 4.79 Å². The molecule has 2 unspecified atom stereocenters. The molecule has 2 bridgehead atoms. The molecule has 7 rings (SSSR count). The van der Waals surface area contributed by atoms with Crippen LogP contribution in [0.15, 0.2) is 60.2 Å². The molecule has 0 aromatic heterocycles. The molecular weight excluding hydrogens is 504 g/mol. The molecule has 2 saturated heterocycles. The summed E-state index contributed by atoms with van der Waals surface area (Å²) in [6.45, 7) is 1.77. The summed E-state index contributed by atoms with van der Waals surface area (Å²) in [6.07, 6.45) is 1.59. The van der Waals surface area contributed by atoms with E-state index in [1.807, 2.05) is 0 Å². The van der Waals surface area contributed by atoms with Crippen molar-refractivity contribution in [1.29, 1.82) is 0 Å². The van der Waals surface area contributed by atoms with Crippen molar-refractivity contribution in [2.24, 2.45) is 35.5 Å². The zero-order chi connectivity index (χ0) is 27.6. The third-order valence-corrected chi connectivity index (χ3v) is 8.30. The van der Waals surface area contributed by atoms with Gasteiger partial charge in [0.15, 0.2) is 0 Å². The second-order valence-electron chi connectivity index (χ2n) is 9.97. The molecule has 3 aliphatic carbocycles. The van der Waals surface area contributed by atoms with Crippen molar-refractivity contribution >= 4 is 41.0 Å². The standard InChI is InChI=1S/C29H26N2O8/c1-4-39-29(36)19-13-18-21-23(27(34)30(25(21)32)14-5-9-16(37-2)10-6-14)20(19)24-22(18)26(33)31(28(24)35)15-7-11-17(38-3)12-8-15/h5-13,18,20-24H,4H2,1-3H3/t18?,20?,21-,22+,23-,24+. The van der Waals surface area contributed by atoms with Crippen molar-refractivity contribution in [2.75, 3.05) is 30.6 Å². The molecule has 0 N–H and O–H groups in total. The molecule has 0 spiro atoms. The van der Waals surface area contributed by atoms with Gasteiger partial charge in [0, 0.05) is 17.4 Å². The molecule has 2 heterocycles. The maximum Gasteiger partial charge on any atom is 0.334 e. The minimum Gasteiger partial charge on any atom is -0.497 e. The van der Waals surface area contributed by atoms with E-state index in [2.05, 4.69) is 0 Å². The SMILES string of the molecule is CCOC(=O)C1=CC2[C@H]3C(=O)N(c4ccc(OC)cc4)C(=O)[C@@H]3C1[C@@H]1C(=O)N(c3ccc(OC)cc3)C(=O)[C@@H]21. The number of carbonyl (C=O) groups excluding carboxylic acids is 5. The number of allylic oxidation sites excluding steroid dienone is 1. The van der Waals surface area contributed by atoms with Gasteiger partial charge in [-0.15, -0.1) is 0 Å². The molecule has 200 valence electrons. The first-order valence-electron chi connectivity index (χ1n) is 12.7. The molecule has 2 aliphatic heterocycles. The molecule has 5 aliphatic rings. The van der Waals surface area contributed by atoms with Gasteiger partial charge in [-0.05, 0) is 55.5 Å². The van der Waals surface area contributed by atoms with Gasteiger partial charge in [-0.1, -0.05) is 6.08 Å². The number of hydrogen-bond acceptors (Lipinski definition) is 8. The zero-order valence-electron chi connectivity index (χ0n) is 21.5. The van der Waals surface area contributed by atoms with E-state index in [0.717, 1.165) is 9.80 Å². The lowest BCUT2D eigenvalue weighted by molar-refractivity contribution is -0.146. The average molecular weight is 531 g/mol. The van der Waals surface area contributed by atoms with Gasteiger partial charge in [0.2, 0.25) is 23.6 Å².